The number of quaternary nitrogens is 1. The largest absolute Gasteiger partial charge is 0.355 e. The lowest BCUT2D eigenvalue weighted by Crippen LogP contribution is -3.09. The number of hydrogen-bond donors (Lipinski definition) is 3. The lowest BCUT2D eigenvalue weighted by Gasteiger charge is -2.23. The average molecular weight is 375 g/mol. The zero-order valence-corrected chi connectivity index (χ0v) is 16.9. The Balaban J connectivity index is 1.96. The molecule has 3 N–H and O–H groups in total. The molecule has 148 valence electrons. The van der Waals surface area contributed by atoms with Crippen LogP contribution in [-0.4, -0.2) is 49.0 Å². The van der Waals surface area contributed by atoms with Crippen LogP contribution in [0.5, 0.6) is 0 Å². The zero-order chi connectivity index (χ0) is 20.2. The van der Waals surface area contributed by atoms with Crippen LogP contribution in [0, 0.1) is 5.92 Å². The second-order valence-electron chi connectivity index (χ2n) is 8.00. The van der Waals surface area contributed by atoms with Crippen molar-refractivity contribution in [2.45, 2.75) is 45.7 Å². The van der Waals surface area contributed by atoms with Crippen LogP contribution in [0.2, 0.25) is 0 Å². The van der Waals surface area contributed by atoms with E-state index in [9.17, 15) is 14.4 Å². The molecule has 27 heavy (non-hydrogen) atoms. The van der Waals surface area contributed by atoms with Crippen molar-refractivity contribution in [2.75, 3.05) is 20.8 Å². The average Bonchev–Trinajstić information content (AvgIpc) is 2.83. The summed E-state index contributed by atoms with van der Waals surface area (Å²) in [5.74, 6) is 0.205. The molecule has 1 fully saturated rings. The summed E-state index contributed by atoms with van der Waals surface area (Å²) < 4.78 is 0. The van der Waals surface area contributed by atoms with Crippen LogP contribution < -0.4 is 15.5 Å². The minimum atomic E-state index is -0.809. The smallest absolute Gasteiger partial charge is 0.329 e. The minimum absolute atomic E-state index is 0.123. The summed E-state index contributed by atoms with van der Waals surface area (Å²) in [5, 5.41) is 5.45. The normalized spacial score (nSPS) is 20.7. The van der Waals surface area contributed by atoms with Gasteiger partial charge in [-0.1, -0.05) is 26.0 Å². The molecular formula is C20H31N4O3+. The fraction of sp³-hybridized carbons (Fsp3) is 0.550. The second kappa shape index (κ2) is 8.52. The van der Waals surface area contributed by atoms with Gasteiger partial charge in [0.25, 0.3) is 11.8 Å². The Bertz CT molecular complexity index is 702. The van der Waals surface area contributed by atoms with Crippen molar-refractivity contribution in [3.05, 3.63) is 35.4 Å². The van der Waals surface area contributed by atoms with Crippen molar-refractivity contribution in [3.63, 3.8) is 0 Å². The molecular weight excluding hydrogens is 344 g/mol. The van der Waals surface area contributed by atoms with Crippen LogP contribution >= 0.6 is 0 Å². The summed E-state index contributed by atoms with van der Waals surface area (Å²) >= 11 is 0. The molecule has 2 rings (SSSR count). The Morgan fingerprint density at radius 1 is 1.26 bits per heavy atom. The van der Waals surface area contributed by atoms with E-state index < -0.39 is 5.54 Å². The highest BCUT2D eigenvalue weighted by atomic mass is 16.2. The molecule has 1 unspecified atom stereocenters. The quantitative estimate of drug-likeness (QED) is 0.587. The predicted molar refractivity (Wildman–Crippen MR) is 103 cm³/mol. The van der Waals surface area contributed by atoms with Gasteiger partial charge in [-0.2, -0.15) is 0 Å². The number of rotatable bonds is 8. The molecule has 1 heterocycles. The highest BCUT2D eigenvalue weighted by Gasteiger charge is 2.48. The third-order valence-electron chi connectivity index (χ3n) is 4.94. The predicted octanol–water partition coefficient (Wildman–Crippen LogP) is 0.765. The van der Waals surface area contributed by atoms with E-state index in [1.807, 2.05) is 26.1 Å². The number of hydrogen-bond acceptors (Lipinski definition) is 3. The van der Waals surface area contributed by atoms with Crippen molar-refractivity contribution < 1.29 is 19.3 Å². The Morgan fingerprint density at radius 3 is 2.44 bits per heavy atom. The summed E-state index contributed by atoms with van der Waals surface area (Å²) in [6, 6.07) is 7.02. The van der Waals surface area contributed by atoms with Crippen LogP contribution in [0.15, 0.2) is 24.3 Å². The lowest BCUT2D eigenvalue weighted by molar-refractivity contribution is -0.901. The van der Waals surface area contributed by atoms with E-state index in [1.54, 1.807) is 19.2 Å². The van der Waals surface area contributed by atoms with Crippen LogP contribution in [0.25, 0.3) is 0 Å². The maximum Gasteiger partial charge on any atom is 0.329 e. The lowest BCUT2D eigenvalue weighted by atomic mass is 9.92. The monoisotopic (exact) mass is 375 g/mol. The number of carbonyl (C=O) groups excluding carboxylic acids is 3. The molecule has 1 aliphatic rings. The number of nitrogens with one attached hydrogen (secondary N) is 3. The van der Waals surface area contributed by atoms with E-state index in [0.717, 1.165) is 16.9 Å². The molecule has 0 radical (unpaired) electrons. The maximum absolute atomic E-state index is 12.8. The van der Waals surface area contributed by atoms with Crippen LogP contribution in [-0.2, 0) is 11.3 Å². The van der Waals surface area contributed by atoms with E-state index in [0.29, 0.717) is 31.1 Å². The summed E-state index contributed by atoms with van der Waals surface area (Å²) in [4.78, 5) is 39.0. The van der Waals surface area contributed by atoms with Gasteiger partial charge in [0.05, 0.1) is 7.05 Å². The summed E-state index contributed by atoms with van der Waals surface area (Å²) in [6.07, 6.45) is 1.53. The van der Waals surface area contributed by atoms with Crippen molar-refractivity contribution in [1.82, 2.24) is 15.5 Å². The van der Waals surface area contributed by atoms with E-state index in [4.69, 9.17) is 0 Å². The van der Waals surface area contributed by atoms with Gasteiger partial charge in [-0.15, -0.1) is 0 Å². The molecule has 0 saturated carbocycles. The number of nitrogens with zero attached hydrogens (tertiary/aromatic N) is 1. The van der Waals surface area contributed by atoms with Crippen LogP contribution in [0.3, 0.4) is 0 Å². The molecule has 1 saturated heterocycles. The molecule has 4 amide bonds. The molecule has 1 aromatic rings. The maximum atomic E-state index is 12.8. The molecule has 2 atom stereocenters. The van der Waals surface area contributed by atoms with Crippen LogP contribution in [0.4, 0.5) is 4.79 Å². The van der Waals surface area contributed by atoms with E-state index >= 15 is 0 Å². The van der Waals surface area contributed by atoms with Gasteiger partial charge < -0.3 is 15.5 Å². The SMILES string of the molecule is CNC(=O)c1ccc(C[NH+](C)CN2C(=O)N[C@](C)(CCC(C)C)C2=O)cc1. The first-order valence-electron chi connectivity index (χ1n) is 9.42. The highest BCUT2D eigenvalue weighted by molar-refractivity contribution is 6.06. The van der Waals surface area contributed by atoms with Crippen LogP contribution in [0.1, 0.15) is 49.5 Å². The zero-order valence-electron chi connectivity index (χ0n) is 16.9. The number of carbonyl (C=O) groups is 3. The topological polar surface area (TPSA) is 82.9 Å². The van der Waals surface area contributed by atoms with Crippen molar-refractivity contribution >= 4 is 17.8 Å². The van der Waals surface area contributed by atoms with Gasteiger partial charge in [-0.3, -0.25) is 9.59 Å². The highest BCUT2D eigenvalue weighted by Crippen LogP contribution is 2.24. The van der Waals surface area contributed by atoms with Crippen molar-refractivity contribution in [3.8, 4) is 0 Å². The molecule has 0 aliphatic carbocycles. The van der Waals surface area contributed by atoms with Gasteiger partial charge in [-0.25, -0.2) is 9.69 Å². The Hall–Kier alpha value is -2.41. The first-order chi connectivity index (χ1) is 12.7. The summed E-state index contributed by atoms with van der Waals surface area (Å²) in [6.45, 7) is 6.97. The first kappa shape index (κ1) is 20.9. The Labute approximate surface area is 161 Å². The third kappa shape index (κ3) is 5.07. The minimum Gasteiger partial charge on any atom is -0.355 e. The van der Waals surface area contributed by atoms with E-state index in [2.05, 4.69) is 24.5 Å². The molecule has 0 spiro atoms. The number of benzene rings is 1. The van der Waals surface area contributed by atoms with Gasteiger partial charge in [0, 0.05) is 18.2 Å². The third-order valence-corrected chi connectivity index (χ3v) is 4.94. The molecule has 1 aromatic carbocycles. The summed E-state index contributed by atoms with van der Waals surface area (Å²) in [7, 11) is 3.54. The summed E-state index contributed by atoms with van der Waals surface area (Å²) in [5.41, 5.74) is 0.834. The molecule has 7 heteroatoms. The molecule has 0 bridgehead atoms. The van der Waals surface area contributed by atoms with E-state index in [-0.39, 0.29) is 17.8 Å². The Morgan fingerprint density at radius 2 is 1.89 bits per heavy atom. The van der Waals surface area contributed by atoms with Gasteiger partial charge in [0.1, 0.15) is 12.1 Å². The van der Waals surface area contributed by atoms with Gasteiger partial charge in [-0.05, 0) is 37.8 Å². The van der Waals surface area contributed by atoms with E-state index in [1.165, 1.54) is 4.90 Å². The van der Waals surface area contributed by atoms with Gasteiger partial charge in [0.15, 0.2) is 6.67 Å². The van der Waals surface area contributed by atoms with Crippen molar-refractivity contribution in [1.29, 1.82) is 0 Å². The molecule has 1 aliphatic heterocycles. The number of amides is 4. The molecule has 0 aromatic heterocycles. The van der Waals surface area contributed by atoms with Crippen molar-refractivity contribution in [2.24, 2.45) is 5.92 Å². The fourth-order valence-electron chi connectivity index (χ4n) is 3.23. The fourth-order valence-corrected chi connectivity index (χ4v) is 3.23. The standard InChI is InChI=1S/C20H30N4O3/c1-14(2)10-11-20(3)18(26)24(19(27)22-20)13-23(5)12-15-6-8-16(9-7-15)17(25)21-4/h6-9,14H,10-13H2,1-5H3,(H,21,25)(H,22,27)/p+1/t20-/m1/s1. The molecule has 7 nitrogen and oxygen atoms in total. The Kier molecular flexibility index (Phi) is 6.59. The van der Waals surface area contributed by atoms with Gasteiger partial charge in [0.2, 0.25) is 0 Å². The number of urea groups is 1. The van der Waals surface area contributed by atoms with Gasteiger partial charge >= 0.3 is 6.03 Å². The first-order valence-corrected chi connectivity index (χ1v) is 9.42. The number of imide groups is 1. The second-order valence-corrected chi connectivity index (χ2v) is 8.00.